The molecular formula is C10H16O2. The molecule has 2 aliphatic carbocycles. The predicted molar refractivity (Wildman–Crippen MR) is 44.8 cm³/mol. The van der Waals surface area contributed by atoms with Gasteiger partial charge in [-0.1, -0.05) is 0 Å². The van der Waals surface area contributed by atoms with Gasteiger partial charge in [0.15, 0.2) is 0 Å². The van der Waals surface area contributed by atoms with Crippen LogP contribution in [0.15, 0.2) is 0 Å². The molecule has 0 aromatic heterocycles. The lowest BCUT2D eigenvalue weighted by Gasteiger charge is -2.28. The quantitative estimate of drug-likeness (QED) is 0.587. The third-order valence-electron chi connectivity index (χ3n) is 4.22. The van der Waals surface area contributed by atoms with Gasteiger partial charge >= 0.3 is 0 Å². The minimum atomic E-state index is 0.554. The monoisotopic (exact) mass is 168 g/mol. The Morgan fingerprint density at radius 3 is 2.75 bits per heavy atom. The van der Waals surface area contributed by atoms with Crippen LogP contribution in [0, 0.1) is 23.7 Å². The van der Waals surface area contributed by atoms with Crippen LogP contribution in [0.1, 0.15) is 12.8 Å². The van der Waals surface area contributed by atoms with Gasteiger partial charge in [0, 0.05) is 7.11 Å². The zero-order chi connectivity index (χ0) is 8.13. The minimum absolute atomic E-state index is 0.554. The van der Waals surface area contributed by atoms with E-state index in [4.69, 9.17) is 9.47 Å². The number of ether oxygens (including phenoxy) is 2. The predicted octanol–water partition coefficient (Wildman–Crippen LogP) is 1.30. The first-order chi connectivity index (χ1) is 5.90. The topological polar surface area (TPSA) is 18.5 Å². The van der Waals surface area contributed by atoms with E-state index in [-0.39, 0.29) is 0 Å². The molecule has 0 spiro atoms. The van der Waals surface area contributed by atoms with Crippen molar-refractivity contribution in [3.05, 3.63) is 0 Å². The van der Waals surface area contributed by atoms with E-state index < -0.39 is 0 Å². The Morgan fingerprint density at radius 1 is 1.08 bits per heavy atom. The van der Waals surface area contributed by atoms with Crippen molar-refractivity contribution in [1.82, 2.24) is 0 Å². The van der Waals surface area contributed by atoms with Crippen molar-refractivity contribution in [1.29, 1.82) is 0 Å². The van der Waals surface area contributed by atoms with Crippen LogP contribution in [0.4, 0.5) is 0 Å². The molecule has 2 heteroatoms. The molecule has 0 N–H and O–H groups in total. The van der Waals surface area contributed by atoms with Gasteiger partial charge in [0.25, 0.3) is 0 Å². The Bertz CT molecular complexity index is 190. The number of rotatable bonds is 1. The summed E-state index contributed by atoms with van der Waals surface area (Å²) in [5.41, 5.74) is 0. The molecule has 1 heterocycles. The van der Waals surface area contributed by atoms with Crippen molar-refractivity contribution in [2.24, 2.45) is 23.7 Å². The first-order valence-corrected chi connectivity index (χ1v) is 5.00. The molecule has 68 valence electrons. The Balaban J connectivity index is 1.83. The van der Waals surface area contributed by atoms with Crippen LogP contribution in [0.3, 0.4) is 0 Å². The molecule has 5 atom stereocenters. The summed E-state index contributed by atoms with van der Waals surface area (Å²) in [6.07, 6.45) is 3.26. The van der Waals surface area contributed by atoms with Gasteiger partial charge in [0.1, 0.15) is 0 Å². The van der Waals surface area contributed by atoms with Crippen LogP contribution in [-0.4, -0.2) is 26.4 Å². The van der Waals surface area contributed by atoms with Crippen LogP contribution >= 0.6 is 0 Å². The molecule has 2 nitrogen and oxygen atoms in total. The fraction of sp³-hybridized carbons (Fsp3) is 1.00. The zero-order valence-corrected chi connectivity index (χ0v) is 7.53. The zero-order valence-electron chi connectivity index (χ0n) is 7.53. The molecule has 0 unspecified atom stereocenters. The maximum Gasteiger partial charge on any atom is 0.0606 e. The van der Waals surface area contributed by atoms with Gasteiger partial charge in [0.2, 0.25) is 0 Å². The van der Waals surface area contributed by atoms with E-state index in [1.165, 1.54) is 12.8 Å². The Labute approximate surface area is 73.2 Å². The Kier molecular flexibility index (Phi) is 1.50. The highest BCUT2D eigenvalue weighted by atomic mass is 16.5. The maximum atomic E-state index is 5.53. The standard InChI is InChI=1S/C10H16O2/c1-11-10-3-6-2-7(10)9-5-12-4-8(6)9/h6-10H,2-5H2,1H3/t6-,7+,8+,9+,10+/m0/s1. The summed E-state index contributed by atoms with van der Waals surface area (Å²) < 4.78 is 11.0. The molecule has 3 rings (SSSR count). The average Bonchev–Trinajstić information content (AvgIpc) is 2.75. The molecule has 3 aliphatic rings. The van der Waals surface area contributed by atoms with Crippen molar-refractivity contribution < 1.29 is 9.47 Å². The average molecular weight is 168 g/mol. The van der Waals surface area contributed by atoms with E-state index in [0.717, 1.165) is 36.9 Å². The lowest BCUT2D eigenvalue weighted by Crippen LogP contribution is -2.31. The summed E-state index contributed by atoms with van der Waals surface area (Å²) in [5.74, 6) is 3.48. The molecule has 2 bridgehead atoms. The molecule has 0 aromatic rings. The third kappa shape index (κ3) is 0.775. The van der Waals surface area contributed by atoms with E-state index in [0.29, 0.717) is 6.10 Å². The fourth-order valence-corrected chi connectivity index (χ4v) is 3.66. The second-order valence-electron chi connectivity index (χ2n) is 4.53. The molecule has 1 aliphatic heterocycles. The van der Waals surface area contributed by atoms with E-state index >= 15 is 0 Å². The van der Waals surface area contributed by atoms with Gasteiger partial charge in [-0.25, -0.2) is 0 Å². The van der Waals surface area contributed by atoms with Crippen LogP contribution in [-0.2, 0) is 9.47 Å². The van der Waals surface area contributed by atoms with Crippen molar-refractivity contribution in [3.63, 3.8) is 0 Å². The summed E-state index contributed by atoms with van der Waals surface area (Å²) in [4.78, 5) is 0. The lowest BCUT2D eigenvalue weighted by atomic mass is 9.80. The molecule has 1 saturated heterocycles. The first kappa shape index (κ1) is 7.34. The molecule has 3 fully saturated rings. The molecule has 12 heavy (non-hydrogen) atoms. The first-order valence-electron chi connectivity index (χ1n) is 5.00. The molecule has 0 radical (unpaired) electrons. The maximum absolute atomic E-state index is 5.53. The van der Waals surface area contributed by atoms with Gasteiger partial charge < -0.3 is 9.47 Å². The second kappa shape index (κ2) is 2.46. The molecular weight excluding hydrogens is 152 g/mol. The second-order valence-corrected chi connectivity index (χ2v) is 4.53. The van der Waals surface area contributed by atoms with E-state index in [1.807, 2.05) is 7.11 Å². The Hall–Kier alpha value is -0.0800. The highest BCUT2D eigenvalue weighted by Crippen LogP contribution is 2.55. The van der Waals surface area contributed by atoms with Crippen LogP contribution in [0.25, 0.3) is 0 Å². The van der Waals surface area contributed by atoms with Crippen molar-refractivity contribution in [2.75, 3.05) is 20.3 Å². The fourth-order valence-electron chi connectivity index (χ4n) is 3.66. The summed E-state index contributed by atoms with van der Waals surface area (Å²) in [6, 6.07) is 0. The SMILES string of the molecule is CO[C@@H]1C[C@@H]2C[C@@H]1[C@H]1COC[C@H]21. The normalized spacial score (nSPS) is 56.2. The van der Waals surface area contributed by atoms with Crippen molar-refractivity contribution in [2.45, 2.75) is 18.9 Å². The Morgan fingerprint density at radius 2 is 1.92 bits per heavy atom. The van der Waals surface area contributed by atoms with Gasteiger partial charge in [0.05, 0.1) is 19.3 Å². The van der Waals surface area contributed by atoms with Crippen LogP contribution in [0.5, 0.6) is 0 Å². The van der Waals surface area contributed by atoms with Crippen molar-refractivity contribution >= 4 is 0 Å². The number of hydrogen-bond donors (Lipinski definition) is 0. The number of fused-ring (bicyclic) bond motifs is 5. The van der Waals surface area contributed by atoms with Crippen LogP contribution in [0.2, 0.25) is 0 Å². The summed E-state index contributed by atoms with van der Waals surface area (Å²) in [7, 11) is 1.86. The van der Waals surface area contributed by atoms with E-state index in [1.54, 1.807) is 0 Å². The molecule has 0 aromatic carbocycles. The largest absolute Gasteiger partial charge is 0.381 e. The van der Waals surface area contributed by atoms with Crippen molar-refractivity contribution in [3.8, 4) is 0 Å². The van der Waals surface area contributed by atoms with Gasteiger partial charge in [-0.05, 0) is 36.5 Å². The van der Waals surface area contributed by atoms with E-state index in [9.17, 15) is 0 Å². The summed E-state index contributed by atoms with van der Waals surface area (Å²) in [6.45, 7) is 2.04. The smallest absolute Gasteiger partial charge is 0.0606 e. The lowest BCUT2D eigenvalue weighted by molar-refractivity contribution is 0.0251. The van der Waals surface area contributed by atoms with Gasteiger partial charge in [-0.15, -0.1) is 0 Å². The highest BCUT2D eigenvalue weighted by molar-refractivity contribution is 5.03. The summed E-state index contributed by atoms with van der Waals surface area (Å²) in [5, 5.41) is 0. The van der Waals surface area contributed by atoms with Crippen LogP contribution < -0.4 is 0 Å². The number of methoxy groups -OCH3 is 1. The highest BCUT2D eigenvalue weighted by Gasteiger charge is 2.54. The minimum Gasteiger partial charge on any atom is -0.381 e. The third-order valence-corrected chi connectivity index (χ3v) is 4.22. The summed E-state index contributed by atoms with van der Waals surface area (Å²) >= 11 is 0. The van der Waals surface area contributed by atoms with E-state index in [2.05, 4.69) is 0 Å². The van der Waals surface area contributed by atoms with Gasteiger partial charge in [-0.3, -0.25) is 0 Å². The molecule has 2 saturated carbocycles. The van der Waals surface area contributed by atoms with Gasteiger partial charge in [-0.2, -0.15) is 0 Å². The molecule has 0 amide bonds. The number of hydrogen-bond acceptors (Lipinski definition) is 2.